The zero-order valence-electron chi connectivity index (χ0n) is 17.4. The van der Waals surface area contributed by atoms with Crippen LogP contribution in [-0.4, -0.2) is 63.8 Å². The highest BCUT2D eigenvalue weighted by molar-refractivity contribution is 8.01. The number of carbonyl (C=O) groups is 2. The normalized spacial score (nSPS) is 13.6. The molecule has 2 amide bonds. The number of hydrogen-bond donors (Lipinski definition) is 1. The highest BCUT2D eigenvalue weighted by Crippen LogP contribution is 2.29. The summed E-state index contributed by atoms with van der Waals surface area (Å²) in [6, 6.07) is 15.0. The van der Waals surface area contributed by atoms with Crippen molar-refractivity contribution in [3.05, 3.63) is 70.3 Å². The van der Waals surface area contributed by atoms with Crippen LogP contribution in [0.3, 0.4) is 0 Å². The van der Waals surface area contributed by atoms with Gasteiger partial charge in [0.1, 0.15) is 0 Å². The largest absolute Gasteiger partial charge is 0.343 e. The number of anilines is 2. The van der Waals surface area contributed by atoms with Crippen molar-refractivity contribution >= 4 is 51.4 Å². The van der Waals surface area contributed by atoms with Crippen molar-refractivity contribution < 1.29 is 14.5 Å². The summed E-state index contributed by atoms with van der Waals surface area (Å²) < 4.78 is 0.698. The minimum absolute atomic E-state index is 0.101. The number of benzene rings is 2. The van der Waals surface area contributed by atoms with Gasteiger partial charge >= 0.3 is 0 Å². The van der Waals surface area contributed by atoms with Crippen molar-refractivity contribution in [1.82, 2.24) is 15.1 Å². The summed E-state index contributed by atoms with van der Waals surface area (Å²) in [4.78, 5) is 39.0. The zero-order valence-corrected chi connectivity index (χ0v) is 19.1. The van der Waals surface area contributed by atoms with Crippen LogP contribution >= 0.6 is 23.1 Å². The first-order valence-corrected chi connectivity index (χ1v) is 11.9. The van der Waals surface area contributed by atoms with E-state index < -0.39 is 4.92 Å². The van der Waals surface area contributed by atoms with E-state index in [1.807, 2.05) is 35.2 Å². The summed E-state index contributed by atoms with van der Waals surface area (Å²) in [7, 11) is 0. The number of rotatable bonds is 7. The van der Waals surface area contributed by atoms with Crippen LogP contribution in [0.1, 0.15) is 10.4 Å². The van der Waals surface area contributed by atoms with Crippen LogP contribution in [0.25, 0.3) is 0 Å². The van der Waals surface area contributed by atoms with Gasteiger partial charge in [-0.2, -0.15) is 0 Å². The Morgan fingerprint density at radius 3 is 2.55 bits per heavy atom. The van der Waals surface area contributed by atoms with Gasteiger partial charge in [0, 0.05) is 49.6 Å². The van der Waals surface area contributed by atoms with E-state index in [9.17, 15) is 19.7 Å². The fourth-order valence-corrected chi connectivity index (χ4v) is 4.96. The van der Waals surface area contributed by atoms with Gasteiger partial charge in [-0.15, -0.1) is 10.2 Å². The average Bonchev–Trinajstić information content (AvgIpc) is 3.32. The quantitative estimate of drug-likeness (QED) is 0.308. The van der Waals surface area contributed by atoms with Crippen LogP contribution in [0.4, 0.5) is 16.5 Å². The zero-order chi connectivity index (χ0) is 23.2. The first-order chi connectivity index (χ1) is 16.0. The minimum atomic E-state index is -0.509. The predicted octanol–water partition coefficient (Wildman–Crippen LogP) is 3.14. The molecule has 1 aromatic heterocycles. The average molecular weight is 485 g/mol. The second-order valence-electron chi connectivity index (χ2n) is 7.14. The van der Waals surface area contributed by atoms with Gasteiger partial charge in [0.15, 0.2) is 4.34 Å². The Morgan fingerprint density at radius 1 is 1.06 bits per heavy atom. The Hall–Kier alpha value is -3.51. The first-order valence-electron chi connectivity index (χ1n) is 10.1. The molecule has 1 aliphatic heterocycles. The molecule has 10 nitrogen and oxygen atoms in total. The summed E-state index contributed by atoms with van der Waals surface area (Å²) in [6.45, 7) is 2.11. The third kappa shape index (κ3) is 5.84. The summed E-state index contributed by atoms with van der Waals surface area (Å²) in [6.07, 6.45) is 0. The number of hydrogen-bond acceptors (Lipinski definition) is 9. The Labute approximate surface area is 197 Å². The maximum atomic E-state index is 12.7. The first kappa shape index (κ1) is 22.7. The lowest BCUT2D eigenvalue weighted by atomic mass is 10.1. The van der Waals surface area contributed by atoms with Crippen LogP contribution in [0.15, 0.2) is 58.9 Å². The van der Waals surface area contributed by atoms with E-state index in [1.165, 1.54) is 41.3 Å². The lowest BCUT2D eigenvalue weighted by Gasteiger charge is -2.34. The Balaban J connectivity index is 1.27. The van der Waals surface area contributed by atoms with E-state index >= 15 is 0 Å². The third-order valence-electron chi connectivity index (χ3n) is 4.92. The van der Waals surface area contributed by atoms with E-state index in [1.54, 1.807) is 11.0 Å². The Bertz CT molecular complexity index is 1150. The predicted molar refractivity (Wildman–Crippen MR) is 127 cm³/mol. The molecule has 0 saturated carbocycles. The second-order valence-corrected chi connectivity index (χ2v) is 9.32. The third-order valence-corrected chi connectivity index (χ3v) is 7.04. The topological polar surface area (TPSA) is 122 Å². The number of nitrogens with one attached hydrogen (secondary N) is 1. The van der Waals surface area contributed by atoms with E-state index in [0.717, 1.165) is 10.8 Å². The maximum absolute atomic E-state index is 12.7. The number of nitro groups is 1. The smallest absolute Gasteiger partial charge is 0.270 e. The van der Waals surface area contributed by atoms with E-state index in [-0.39, 0.29) is 23.3 Å². The highest BCUT2D eigenvalue weighted by Gasteiger charge is 2.25. The molecule has 1 aliphatic rings. The number of para-hydroxylation sites is 1. The summed E-state index contributed by atoms with van der Waals surface area (Å²) in [5, 5.41) is 22.9. The minimum Gasteiger partial charge on any atom is -0.343 e. The summed E-state index contributed by atoms with van der Waals surface area (Å²) in [5.41, 5.74) is 0.954. The van der Waals surface area contributed by atoms with Gasteiger partial charge in [0.2, 0.25) is 11.0 Å². The number of piperazine rings is 1. The van der Waals surface area contributed by atoms with Crippen molar-refractivity contribution in [2.45, 2.75) is 4.34 Å². The van der Waals surface area contributed by atoms with Crippen molar-refractivity contribution in [2.75, 3.05) is 42.1 Å². The van der Waals surface area contributed by atoms with Gasteiger partial charge in [-0.1, -0.05) is 47.4 Å². The van der Waals surface area contributed by atoms with E-state index in [2.05, 4.69) is 15.5 Å². The molecule has 0 radical (unpaired) electrons. The fraction of sp³-hybridized carbons (Fsp3) is 0.238. The molecule has 1 saturated heterocycles. The van der Waals surface area contributed by atoms with Gasteiger partial charge in [-0.05, 0) is 18.2 Å². The van der Waals surface area contributed by atoms with Crippen molar-refractivity contribution in [2.24, 2.45) is 0 Å². The summed E-state index contributed by atoms with van der Waals surface area (Å²) in [5.74, 6) is -0.109. The SMILES string of the molecule is O=C(CSc1nnc(N2CCN(C(=O)c3cccc([N+](=O)[O-])c3)CC2)s1)Nc1ccccc1. The Morgan fingerprint density at radius 2 is 1.82 bits per heavy atom. The second kappa shape index (κ2) is 10.4. The van der Waals surface area contributed by atoms with Gasteiger partial charge in [0.05, 0.1) is 10.7 Å². The van der Waals surface area contributed by atoms with E-state index in [0.29, 0.717) is 36.1 Å². The lowest BCUT2D eigenvalue weighted by Crippen LogP contribution is -2.48. The van der Waals surface area contributed by atoms with Gasteiger partial charge in [-0.3, -0.25) is 19.7 Å². The van der Waals surface area contributed by atoms with E-state index in [4.69, 9.17) is 0 Å². The molecule has 0 unspecified atom stereocenters. The molecule has 1 fully saturated rings. The van der Waals surface area contributed by atoms with Crippen LogP contribution in [0.5, 0.6) is 0 Å². The number of nitro benzene ring substituents is 1. The van der Waals surface area contributed by atoms with Crippen LogP contribution < -0.4 is 10.2 Å². The number of amides is 2. The molecule has 4 rings (SSSR count). The molecule has 1 N–H and O–H groups in total. The number of non-ortho nitro benzene ring substituents is 1. The Kier molecular flexibility index (Phi) is 7.15. The highest BCUT2D eigenvalue weighted by atomic mass is 32.2. The standard InChI is InChI=1S/C21H20N6O4S2/c28-18(22-16-6-2-1-3-7-16)14-32-21-24-23-20(33-21)26-11-9-25(10-12-26)19(29)15-5-4-8-17(13-15)27(30)31/h1-8,13H,9-12,14H2,(H,22,28). The van der Waals surface area contributed by atoms with Gasteiger partial charge < -0.3 is 15.1 Å². The molecule has 0 spiro atoms. The summed E-state index contributed by atoms with van der Waals surface area (Å²) >= 11 is 2.73. The number of aromatic nitrogens is 2. The van der Waals surface area contributed by atoms with Gasteiger partial charge in [0.25, 0.3) is 11.6 Å². The maximum Gasteiger partial charge on any atom is 0.270 e. The van der Waals surface area contributed by atoms with Crippen molar-refractivity contribution in [3.63, 3.8) is 0 Å². The number of thioether (sulfide) groups is 1. The molecule has 2 heterocycles. The molecule has 170 valence electrons. The van der Waals surface area contributed by atoms with Gasteiger partial charge in [-0.25, -0.2) is 0 Å². The molecule has 0 aliphatic carbocycles. The molecule has 2 aromatic carbocycles. The van der Waals surface area contributed by atoms with Crippen molar-refractivity contribution in [1.29, 1.82) is 0 Å². The number of carbonyl (C=O) groups excluding carboxylic acids is 2. The molecular formula is C21H20N6O4S2. The van der Waals surface area contributed by atoms with Crippen LogP contribution in [0, 0.1) is 10.1 Å². The molecular weight excluding hydrogens is 464 g/mol. The molecule has 33 heavy (non-hydrogen) atoms. The molecule has 0 bridgehead atoms. The fourth-order valence-electron chi connectivity index (χ4n) is 3.27. The lowest BCUT2D eigenvalue weighted by molar-refractivity contribution is -0.384. The molecule has 0 atom stereocenters. The van der Waals surface area contributed by atoms with Crippen molar-refractivity contribution in [3.8, 4) is 0 Å². The van der Waals surface area contributed by atoms with Crippen LogP contribution in [0.2, 0.25) is 0 Å². The van der Waals surface area contributed by atoms with Crippen LogP contribution in [-0.2, 0) is 4.79 Å². The molecule has 3 aromatic rings. The number of nitrogens with zero attached hydrogens (tertiary/aromatic N) is 5. The monoisotopic (exact) mass is 484 g/mol. The molecule has 12 heteroatoms.